The average molecular weight is 387 g/mol. The van der Waals surface area contributed by atoms with Crippen molar-refractivity contribution in [2.75, 3.05) is 5.32 Å². The summed E-state index contributed by atoms with van der Waals surface area (Å²) in [6, 6.07) is 5.98. The Morgan fingerprint density at radius 2 is 2.19 bits per heavy atom. The molecule has 3 aromatic rings. The van der Waals surface area contributed by atoms with Crippen molar-refractivity contribution in [1.82, 2.24) is 14.8 Å². The van der Waals surface area contributed by atoms with Gasteiger partial charge in [-0.1, -0.05) is 31.7 Å². The van der Waals surface area contributed by atoms with Crippen LogP contribution in [0, 0.1) is 12.8 Å². The van der Waals surface area contributed by atoms with E-state index in [1.54, 1.807) is 16.0 Å². The Morgan fingerprint density at radius 3 is 2.96 bits per heavy atom. The third-order valence-electron chi connectivity index (χ3n) is 4.80. The molecule has 1 aliphatic rings. The van der Waals surface area contributed by atoms with E-state index in [1.165, 1.54) is 37.0 Å². The van der Waals surface area contributed by atoms with Crippen molar-refractivity contribution in [2.24, 2.45) is 5.92 Å². The monoisotopic (exact) mass is 386 g/mol. The second-order valence-corrected chi connectivity index (χ2v) is 8.60. The molecule has 0 saturated heterocycles. The third-order valence-corrected chi connectivity index (χ3v) is 6.51. The Morgan fingerprint density at radius 1 is 1.35 bits per heavy atom. The summed E-state index contributed by atoms with van der Waals surface area (Å²) < 4.78 is 1.74. The van der Waals surface area contributed by atoms with Gasteiger partial charge >= 0.3 is 0 Å². The minimum atomic E-state index is 0.0630. The Kier molecular flexibility index (Phi) is 5.17. The van der Waals surface area contributed by atoms with Crippen molar-refractivity contribution in [3.8, 4) is 15.7 Å². The lowest BCUT2D eigenvalue weighted by molar-refractivity contribution is -0.116. The number of thiazole rings is 1. The first kappa shape index (κ1) is 17.4. The van der Waals surface area contributed by atoms with Crippen LogP contribution in [0.1, 0.15) is 44.2 Å². The fourth-order valence-electron chi connectivity index (χ4n) is 3.47. The number of carbonyl (C=O) groups excluding carboxylic acids is 1. The van der Waals surface area contributed by atoms with Crippen LogP contribution >= 0.6 is 22.7 Å². The van der Waals surface area contributed by atoms with Gasteiger partial charge in [-0.3, -0.25) is 4.79 Å². The topological polar surface area (TPSA) is 59.8 Å². The van der Waals surface area contributed by atoms with E-state index in [4.69, 9.17) is 4.98 Å². The van der Waals surface area contributed by atoms with Crippen LogP contribution in [0.15, 0.2) is 29.0 Å². The number of rotatable bonds is 6. The van der Waals surface area contributed by atoms with Gasteiger partial charge < -0.3 is 5.32 Å². The van der Waals surface area contributed by atoms with Crippen molar-refractivity contribution in [3.05, 3.63) is 34.7 Å². The summed E-state index contributed by atoms with van der Waals surface area (Å²) in [5.41, 5.74) is 1.82. The van der Waals surface area contributed by atoms with Gasteiger partial charge in [0, 0.05) is 17.9 Å². The predicted octanol–water partition coefficient (Wildman–Crippen LogP) is 5.27. The summed E-state index contributed by atoms with van der Waals surface area (Å²) >= 11 is 3.20. The van der Waals surface area contributed by atoms with Crippen molar-refractivity contribution in [3.63, 3.8) is 0 Å². The number of thiophene rings is 1. The molecule has 0 radical (unpaired) electrons. The fraction of sp³-hybridized carbons (Fsp3) is 0.421. The van der Waals surface area contributed by atoms with E-state index < -0.39 is 0 Å². The summed E-state index contributed by atoms with van der Waals surface area (Å²) in [5, 5.41) is 12.4. The number of hydrogen-bond donors (Lipinski definition) is 1. The zero-order valence-corrected chi connectivity index (χ0v) is 16.4. The number of nitrogens with one attached hydrogen (secondary N) is 1. The number of amides is 1. The molecular formula is C19H22N4OS2. The number of aromatic nitrogens is 3. The molecule has 1 fully saturated rings. The molecule has 26 heavy (non-hydrogen) atoms. The van der Waals surface area contributed by atoms with Crippen LogP contribution in [0.5, 0.6) is 0 Å². The molecule has 1 amide bonds. The van der Waals surface area contributed by atoms with E-state index in [0.29, 0.717) is 12.2 Å². The summed E-state index contributed by atoms with van der Waals surface area (Å²) in [7, 11) is 0. The van der Waals surface area contributed by atoms with Gasteiger partial charge in [-0.2, -0.15) is 9.78 Å². The number of nitrogens with zero attached hydrogens (tertiary/aromatic N) is 3. The average Bonchev–Trinajstić information content (AvgIpc) is 3.39. The van der Waals surface area contributed by atoms with Gasteiger partial charge in [0.2, 0.25) is 11.0 Å². The van der Waals surface area contributed by atoms with E-state index in [9.17, 15) is 4.79 Å². The molecule has 3 aromatic heterocycles. The lowest BCUT2D eigenvalue weighted by Gasteiger charge is -2.09. The maximum absolute atomic E-state index is 12.4. The Hall–Kier alpha value is -1.99. The minimum Gasteiger partial charge on any atom is -0.311 e. The molecule has 0 aliphatic heterocycles. The number of hydrogen-bond acceptors (Lipinski definition) is 5. The maximum atomic E-state index is 12.4. The van der Waals surface area contributed by atoms with Crippen molar-refractivity contribution in [2.45, 2.75) is 45.4 Å². The molecule has 136 valence electrons. The normalized spacial score (nSPS) is 14.8. The van der Waals surface area contributed by atoms with Crippen LogP contribution in [0.25, 0.3) is 15.7 Å². The van der Waals surface area contributed by atoms with Crippen molar-refractivity contribution >= 4 is 34.4 Å². The molecule has 0 atom stereocenters. The van der Waals surface area contributed by atoms with E-state index in [1.807, 2.05) is 29.8 Å². The zero-order chi connectivity index (χ0) is 17.9. The first-order valence-corrected chi connectivity index (χ1v) is 10.8. The third kappa shape index (κ3) is 3.88. The Bertz CT molecular complexity index is 875. The van der Waals surface area contributed by atoms with Gasteiger partial charge in [0.05, 0.1) is 16.3 Å². The van der Waals surface area contributed by atoms with Gasteiger partial charge in [-0.15, -0.1) is 22.7 Å². The van der Waals surface area contributed by atoms with Crippen LogP contribution in [0.2, 0.25) is 0 Å². The lowest BCUT2D eigenvalue weighted by Crippen LogP contribution is -2.15. The Balaban J connectivity index is 1.47. The predicted molar refractivity (Wildman–Crippen MR) is 107 cm³/mol. The maximum Gasteiger partial charge on any atom is 0.225 e. The molecule has 3 heterocycles. The van der Waals surface area contributed by atoms with Gasteiger partial charge in [0.15, 0.2) is 0 Å². The molecule has 0 spiro atoms. The highest BCUT2D eigenvalue weighted by atomic mass is 32.1. The first-order valence-electron chi connectivity index (χ1n) is 9.05. The highest BCUT2D eigenvalue weighted by Gasteiger charge is 2.18. The summed E-state index contributed by atoms with van der Waals surface area (Å²) in [4.78, 5) is 18.2. The van der Waals surface area contributed by atoms with Crippen LogP contribution in [-0.4, -0.2) is 20.7 Å². The first-order chi connectivity index (χ1) is 12.7. The molecule has 1 saturated carbocycles. The number of anilines is 1. The standard InChI is InChI=1S/C19H22N4OS2/c1-13-11-17(21-18(24)9-8-14-5-2-3-6-14)23(22-13)19-20-15(12-26-19)16-7-4-10-25-16/h4,7,10-12,14H,2-3,5-6,8-9H2,1H3,(H,21,24). The molecule has 0 bridgehead atoms. The Labute approximate surface area is 161 Å². The van der Waals surface area contributed by atoms with E-state index in [2.05, 4.69) is 16.5 Å². The minimum absolute atomic E-state index is 0.0630. The summed E-state index contributed by atoms with van der Waals surface area (Å²) in [5.74, 6) is 1.49. The SMILES string of the molecule is Cc1cc(NC(=O)CCC2CCCC2)n(-c2nc(-c3cccs3)cs2)n1. The van der Waals surface area contributed by atoms with Crippen molar-refractivity contribution in [1.29, 1.82) is 0 Å². The largest absolute Gasteiger partial charge is 0.311 e. The van der Waals surface area contributed by atoms with Gasteiger partial charge in [-0.05, 0) is 30.7 Å². The van der Waals surface area contributed by atoms with Crippen molar-refractivity contribution < 1.29 is 4.79 Å². The highest BCUT2D eigenvalue weighted by molar-refractivity contribution is 7.15. The molecule has 7 heteroatoms. The molecular weight excluding hydrogens is 364 g/mol. The zero-order valence-electron chi connectivity index (χ0n) is 14.8. The molecule has 4 rings (SSSR count). The molecule has 1 aliphatic carbocycles. The molecule has 0 unspecified atom stereocenters. The summed E-state index contributed by atoms with van der Waals surface area (Å²) in [6.07, 6.45) is 6.74. The molecule has 5 nitrogen and oxygen atoms in total. The number of carbonyl (C=O) groups is 1. The van der Waals surface area contributed by atoms with E-state index in [0.717, 1.165) is 33.7 Å². The second kappa shape index (κ2) is 7.72. The van der Waals surface area contributed by atoms with E-state index in [-0.39, 0.29) is 5.91 Å². The highest BCUT2D eigenvalue weighted by Crippen LogP contribution is 2.30. The van der Waals surface area contributed by atoms with E-state index >= 15 is 0 Å². The number of aryl methyl sites for hydroxylation is 1. The van der Waals surface area contributed by atoms with Gasteiger partial charge in [0.1, 0.15) is 5.82 Å². The summed E-state index contributed by atoms with van der Waals surface area (Å²) in [6.45, 7) is 1.93. The van der Waals surface area contributed by atoms with Gasteiger partial charge in [-0.25, -0.2) is 4.98 Å². The lowest BCUT2D eigenvalue weighted by atomic mass is 10.0. The molecule has 0 aromatic carbocycles. The van der Waals surface area contributed by atoms with Gasteiger partial charge in [0.25, 0.3) is 0 Å². The second-order valence-electron chi connectivity index (χ2n) is 6.81. The van der Waals surface area contributed by atoms with Crippen LogP contribution < -0.4 is 5.32 Å². The van der Waals surface area contributed by atoms with Crippen LogP contribution in [0.3, 0.4) is 0 Å². The quantitative estimate of drug-likeness (QED) is 0.627. The fourth-order valence-corrected chi connectivity index (χ4v) is 5.02. The van der Waals surface area contributed by atoms with Crippen LogP contribution in [-0.2, 0) is 4.79 Å². The smallest absolute Gasteiger partial charge is 0.225 e. The molecule has 1 N–H and O–H groups in total. The van der Waals surface area contributed by atoms with Crippen LogP contribution in [0.4, 0.5) is 5.82 Å².